The Morgan fingerprint density at radius 3 is 1.36 bits per heavy atom. The maximum absolute atomic E-state index is 8.93. The summed E-state index contributed by atoms with van der Waals surface area (Å²) < 4.78 is 0. The van der Waals surface area contributed by atoms with Crippen LogP contribution in [0.3, 0.4) is 0 Å². The summed E-state index contributed by atoms with van der Waals surface area (Å²) in [7, 11) is 0. The lowest BCUT2D eigenvalue weighted by Gasteiger charge is -2.25. The molecule has 0 aromatic carbocycles. The van der Waals surface area contributed by atoms with Gasteiger partial charge in [-0.05, 0) is 12.8 Å². The van der Waals surface area contributed by atoms with Crippen LogP contribution in [0, 0.1) is 10.8 Å². The number of aliphatic hydroxyl groups is 2. The van der Waals surface area contributed by atoms with Crippen molar-refractivity contribution in [1.29, 1.82) is 10.8 Å². The molecule has 0 aromatic rings. The monoisotopic (exact) mass is 202 g/mol. The first-order chi connectivity index (χ1) is 6.54. The third-order valence-electron chi connectivity index (χ3n) is 1.65. The van der Waals surface area contributed by atoms with E-state index < -0.39 is 5.79 Å². The molecule has 6 heteroatoms. The van der Waals surface area contributed by atoms with Crippen molar-refractivity contribution in [3.63, 3.8) is 0 Å². The third kappa shape index (κ3) is 13.3. The molecular weight excluding hydrogens is 188 g/mol. The van der Waals surface area contributed by atoms with Crippen LogP contribution < -0.4 is 0 Å². The van der Waals surface area contributed by atoms with E-state index in [2.05, 4.69) is 0 Å². The van der Waals surface area contributed by atoms with E-state index in [0.717, 1.165) is 31.4 Å². The topological polar surface area (TPSA) is 122 Å². The molecule has 4 N–H and O–H groups in total. The lowest BCUT2D eigenvalue weighted by Crippen LogP contribution is -2.30. The Hall–Kier alpha value is -1.32. The maximum Gasteiger partial charge on any atom is 0.231 e. The van der Waals surface area contributed by atoms with Gasteiger partial charge in [0.1, 0.15) is 0 Å². The van der Waals surface area contributed by atoms with Gasteiger partial charge in [0.2, 0.25) is 12.2 Å². The van der Waals surface area contributed by atoms with E-state index in [0.29, 0.717) is 12.8 Å². The second-order valence-electron chi connectivity index (χ2n) is 2.75. The van der Waals surface area contributed by atoms with E-state index in [9.17, 15) is 0 Å². The van der Waals surface area contributed by atoms with Crippen molar-refractivity contribution < 1.29 is 19.8 Å². The Morgan fingerprint density at radius 2 is 1.21 bits per heavy atom. The Bertz CT molecular complexity index is 183. The van der Waals surface area contributed by atoms with Crippen LogP contribution in [0.25, 0.3) is 0 Å². The van der Waals surface area contributed by atoms with Gasteiger partial charge >= 0.3 is 0 Å². The highest BCUT2D eigenvalue weighted by Crippen LogP contribution is 2.24. The fourth-order valence-corrected chi connectivity index (χ4v) is 1.12. The first-order valence-electron chi connectivity index (χ1n) is 4.06. The molecule has 14 heavy (non-hydrogen) atoms. The van der Waals surface area contributed by atoms with E-state index in [1.54, 1.807) is 0 Å². The van der Waals surface area contributed by atoms with Crippen molar-refractivity contribution >= 4 is 12.2 Å². The van der Waals surface area contributed by atoms with Gasteiger partial charge in [0.25, 0.3) is 0 Å². The maximum atomic E-state index is 8.93. The van der Waals surface area contributed by atoms with E-state index in [1.807, 2.05) is 0 Å². The molecule has 0 atom stereocenters. The van der Waals surface area contributed by atoms with Crippen molar-refractivity contribution in [2.45, 2.75) is 37.9 Å². The Morgan fingerprint density at radius 1 is 0.929 bits per heavy atom. The fraction of sp³-hybridized carbons (Fsp3) is 0.750. The Balaban J connectivity index is 0. The first kappa shape index (κ1) is 15.2. The summed E-state index contributed by atoms with van der Waals surface area (Å²) in [4.78, 5) is 16.7. The second kappa shape index (κ2) is 9.77. The minimum Gasteiger partial charge on any atom is -0.366 e. The zero-order chi connectivity index (χ0) is 11.4. The Labute approximate surface area is 81.6 Å². The van der Waals surface area contributed by atoms with Crippen LogP contribution in [0.2, 0.25) is 0 Å². The normalized spacial score (nSPS) is 17.0. The van der Waals surface area contributed by atoms with Crippen molar-refractivity contribution in [3.05, 3.63) is 0 Å². The fourth-order valence-electron chi connectivity index (χ4n) is 1.12. The molecular formula is C8H14N2O4. The molecule has 1 aliphatic carbocycles. The van der Waals surface area contributed by atoms with Gasteiger partial charge in [0.15, 0.2) is 5.79 Å². The van der Waals surface area contributed by atoms with Crippen molar-refractivity contribution in [2.75, 3.05) is 0 Å². The molecule has 0 aromatic heterocycles. The minimum atomic E-state index is -1.32. The molecule has 1 aliphatic rings. The summed E-state index contributed by atoms with van der Waals surface area (Å²) in [6, 6.07) is 0. The van der Waals surface area contributed by atoms with Gasteiger partial charge in [-0.2, -0.15) is 0 Å². The number of hydrogen-bond donors (Lipinski definition) is 4. The third-order valence-corrected chi connectivity index (χ3v) is 1.65. The SMILES string of the molecule is N=C=O.N=C=O.OC1(O)CCCCC1. The van der Waals surface area contributed by atoms with Crippen molar-refractivity contribution in [3.8, 4) is 0 Å². The molecule has 0 saturated heterocycles. The van der Waals surface area contributed by atoms with Crippen molar-refractivity contribution in [2.24, 2.45) is 0 Å². The summed E-state index contributed by atoms with van der Waals surface area (Å²) in [5.74, 6) is -1.32. The van der Waals surface area contributed by atoms with Crippen LogP contribution in [0.4, 0.5) is 0 Å². The molecule has 0 spiro atoms. The second-order valence-corrected chi connectivity index (χ2v) is 2.75. The van der Waals surface area contributed by atoms with Gasteiger partial charge in [0, 0.05) is 12.8 Å². The molecule has 1 saturated carbocycles. The number of carbonyl (C=O) groups excluding carboxylic acids is 2. The van der Waals surface area contributed by atoms with Gasteiger partial charge < -0.3 is 10.2 Å². The molecule has 6 nitrogen and oxygen atoms in total. The summed E-state index contributed by atoms with van der Waals surface area (Å²) in [5, 5.41) is 28.7. The summed E-state index contributed by atoms with van der Waals surface area (Å²) in [5.41, 5.74) is 0. The average Bonchev–Trinajstić information content (AvgIpc) is 2.06. The zero-order valence-electron chi connectivity index (χ0n) is 7.75. The van der Waals surface area contributed by atoms with Crippen LogP contribution in [-0.4, -0.2) is 28.2 Å². The highest BCUT2D eigenvalue weighted by atomic mass is 16.5. The number of hydrogen-bond acceptors (Lipinski definition) is 6. The predicted octanol–water partition coefficient (Wildman–Crippen LogP) is 0.433. The molecule has 80 valence electrons. The summed E-state index contributed by atoms with van der Waals surface area (Å²) >= 11 is 0. The van der Waals surface area contributed by atoms with Crippen LogP contribution in [0.1, 0.15) is 32.1 Å². The molecule has 0 aliphatic heterocycles. The molecule has 0 heterocycles. The predicted molar refractivity (Wildman–Crippen MR) is 47.1 cm³/mol. The summed E-state index contributed by atoms with van der Waals surface area (Å²) in [6.07, 6.45) is 5.71. The molecule has 0 unspecified atom stereocenters. The molecule has 0 bridgehead atoms. The molecule has 1 rings (SSSR count). The standard InChI is InChI=1S/C6H12O2.2CHNO/c7-6(8)4-2-1-3-5-6;2*2-1-3/h7-8H,1-5H2;2*2H. The van der Waals surface area contributed by atoms with Crippen LogP contribution >= 0.6 is 0 Å². The van der Waals surface area contributed by atoms with Crippen LogP contribution in [-0.2, 0) is 9.59 Å². The summed E-state index contributed by atoms with van der Waals surface area (Å²) in [6.45, 7) is 0. The van der Waals surface area contributed by atoms with Gasteiger partial charge in [-0.3, -0.25) is 0 Å². The largest absolute Gasteiger partial charge is 0.366 e. The number of isocyanates is 2. The lowest BCUT2D eigenvalue weighted by atomic mass is 9.95. The molecule has 0 radical (unpaired) electrons. The van der Waals surface area contributed by atoms with E-state index in [1.165, 1.54) is 0 Å². The smallest absolute Gasteiger partial charge is 0.231 e. The van der Waals surface area contributed by atoms with Crippen LogP contribution in [0.5, 0.6) is 0 Å². The molecule has 1 fully saturated rings. The van der Waals surface area contributed by atoms with Gasteiger partial charge in [-0.25, -0.2) is 20.4 Å². The zero-order valence-corrected chi connectivity index (χ0v) is 7.75. The first-order valence-corrected chi connectivity index (χ1v) is 4.06. The quantitative estimate of drug-likeness (QED) is 0.258. The highest BCUT2D eigenvalue weighted by molar-refractivity contribution is 5.26. The van der Waals surface area contributed by atoms with Gasteiger partial charge in [-0.15, -0.1) is 0 Å². The van der Waals surface area contributed by atoms with Gasteiger partial charge in [-0.1, -0.05) is 6.42 Å². The lowest BCUT2D eigenvalue weighted by molar-refractivity contribution is -0.180. The number of nitrogens with one attached hydrogen (secondary N) is 2. The number of rotatable bonds is 0. The molecule has 0 amide bonds. The van der Waals surface area contributed by atoms with Gasteiger partial charge in [0.05, 0.1) is 0 Å². The average molecular weight is 202 g/mol. The highest BCUT2D eigenvalue weighted by Gasteiger charge is 2.24. The Kier molecular flexibility index (Phi) is 10.6. The van der Waals surface area contributed by atoms with Crippen LogP contribution in [0.15, 0.2) is 0 Å². The minimum absolute atomic E-state index is 0.562. The van der Waals surface area contributed by atoms with E-state index in [-0.39, 0.29) is 0 Å². The van der Waals surface area contributed by atoms with E-state index in [4.69, 9.17) is 30.6 Å². The van der Waals surface area contributed by atoms with Crippen molar-refractivity contribution in [1.82, 2.24) is 0 Å². The van der Waals surface area contributed by atoms with E-state index >= 15 is 0 Å².